The molecule has 0 saturated carbocycles. The Morgan fingerprint density at radius 2 is 1.50 bits per heavy atom. The first-order chi connectivity index (χ1) is 11.5. The molecule has 0 radical (unpaired) electrons. The number of hydrogen-bond acceptors (Lipinski definition) is 4. The summed E-state index contributed by atoms with van der Waals surface area (Å²) in [5, 5.41) is 0. The van der Waals surface area contributed by atoms with Crippen LogP contribution in [0.1, 0.15) is 33.6 Å². The first-order valence-corrected chi connectivity index (χ1v) is 8.70. The maximum atomic E-state index is 11.5. The first kappa shape index (κ1) is 30.7. The monoisotopic (exact) mass is 396 g/mol. The van der Waals surface area contributed by atoms with E-state index in [2.05, 4.69) is 20.9 Å². The van der Waals surface area contributed by atoms with Crippen LogP contribution in [0.15, 0.2) is 0 Å². The molecule has 0 aromatic rings. The number of carbonyl (C=O) groups is 3. The second-order valence-corrected chi connectivity index (χ2v) is 6.79. The van der Waals surface area contributed by atoms with E-state index in [0.717, 1.165) is 25.9 Å². The summed E-state index contributed by atoms with van der Waals surface area (Å²) in [5.41, 5.74) is 0. The summed E-state index contributed by atoms with van der Waals surface area (Å²) in [6.07, 6.45) is 2.81. The molecule has 7 nitrogen and oxygen atoms in total. The molecule has 0 spiro atoms. The largest absolute Gasteiger partial charge is 1.00 e. The van der Waals surface area contributed by atoms with E-state index >= 15 is 0 Å². The molecule has 8 heteroatoms. The molecular weight excluding hydrogens is 359 g/mol. The maximum absolute atomic E-state index is 11.5. The van der Waals surface area contributed by atoms with Crippen molar-refractivity contribution in [2.45, 2.75) is 33.6 Å². The number of likely N-dealkylation sites (N-methyl/N-ethyl adjacent to an activating group) is 4. The van der Waals surface area contributed by atoms with Crippen molar-refractivity contribution in [2.75, 3.05) is 54.4 Å². The van der Waals surface area contributed by atoms with Crippen LogP contribution in [0.5, 0.6) is 0 Å². The van der Waals surface area contributed by atoms with Gasteiger partial charge in [0.25, 0.3) is 0 Å². The van der Waals surface area contributed by atoms with Crippen LogP contribution in [0.4, 0.5) is 0 Å². The van der Waals surface area contributed by atoms with E-state index in [-0.39, 0.29) is 69.7 Å². The number of amides is 3. The summed E-state index contributed by atoms with van der Waals surface area (Å²) >= 11 is 0. The minimum absolute atomic E-state index is 0. The summed E-state index contributed by atoms with van der Waals surface area (Å²) in [7, 11) is 10.5. The van der Waals surface area contributed by atoms with Gasteiger partial charge in [-0.2, -0.15) is 0 Å². The quantitative estimate of drug-likeness (QED) is 0.247. The maximum Gasteiger partial charge on any atom is 1.00 e. The zero-order valence-corrected chi connectivity index (χ0v) is 21.2. The molecule has 0 N–H and O–H groups in total. The van der Waals surface area contributed by atoms with E-state index in [1.54, 1.807) is 42.9 Å². The van der Waals surface area contributed by atoms with Gasteiger partial charge in [-0.3, -0.25) is 21.4 Å². The van der Waals surface area contributed by atoms with Crippen molar-refractivity contribution < 1.29 is 65.8 Å². The van der Waals surface area contributed by atoms with E-state index in [4.69, 9.17) is 0 Å². The molecule has 0 fully saturated rings. The van der Waals surface area contributed by atoms with E-state index < -0.39 is 0 Å². The second-order valence-electron chi connectivity index (χ2n) is 6.79. The number of rotatable bonds is 10. The van der Waals surface area contributed by atoms with Crippen molar-refractivity contribution in [3.63, 3.8) is 0 Å². The molecule has 148 valence electrons. The molecule has 0 atom stereocenters. The zero-order chi connectivity index (χ0) is 20.0. The number of nitrogens with zero attached hydrogens (tertiary/aromatic N) is 4. The van der Waals surface area contributed by atoms with Crippen molar-refractivity contribution in [1.82, 2.24) is 19.6 Å². The third-order valence-corrected chi connectivity index (χ3v) is 3.57. The molecule has 0 heterocycles. The molecular formula is C18H37KN4O3. The molecule has 0 saturated heterocycles. The van der Waals surface area contributed by atoms with E-state index in [0.29, 0.717) is 18.9 Å². The van der Waals surface area contributed by atoms with Crippen LogP contribution < -0.4 is 51.4 Å². The molecule has 0 aliphatic rings. The molecule has 0 unspecified atom stereocenters. The normalized spacial score (nSPS) is 9.77. The SMILES string of the molecule is CC(C)CCCN(C)C(=O)CN(C)C=O.[CH2-]N(C)CC(=O)N(C)CC.[K+]. The summed E-state index contributed by atoms with van der Waals surface area (Å²) in [6.45, 7) is 8.37. The standard InChI is InChI=1S/C11H22N2O2.C7H15N2O.K/c1-10(2)6-5-7-13(4)11(15)8-12(3)9-14;1-5-9(4)7(10)6-8(2)3;/h9-10H,5-8H2,1-4H3;2,5-6H2,1,3-4H3;/q;-1;+1. The fraction of sp³-hybridized carbons (Fsp3) is 0.778. The first-order valence-electron chi connectivity index (χ1n) is 8.70. The Labute approximate surface area is 202 Å². The van der Waals surface area contributed by atoms with E-state index in [1.165, 1.54) is 4.90 Å². The third kappa shape index (κ3) is 18.8. The van der Waals surface area contributed by atoms with Gasteiger partial charge in [0.2, 0.25) is 18.2 Å². The summed E-state index contributed by atoms with van der Waals surface area (Å²) in [6, 6.07) is 0. The van der Waals surface area contributed by atoms with Crippen LogP contribution in [0.25, 0.3) is 0 Å². The zero-order valence-electron chi connectivity index (χ0n) is 18.1. The van der Waals surface area contributed by atoms with Crippen molar-refractivity contribution in [3.8, 4) is 0 Å². The summed E-state index contributed by atoms with van der Waals surface area (Å²) < 4.78 is 0. The Morgan fingerprint density at radius 1 is 1.00 bits per heavy atom. The van der Waals surface area contributed by atoms with Crippen molar-refractivity contribution >= 4 is 18.2 Å². The van der Waals surface area contributed by atoms with Gasteiger partial charge in [0.05, 0.1) is 13.1 Å². The van der Waals surface area contributed by atoms with Crippen LogP contribution in [-0.2, 0) is 14.4 Å². The molecule has 26 heavy (non-hydrogen) atoms. The van der Waals surface area contributed by atoms with Crippen molar-refractivity contribution in [1.29, 1.82) is 0 Å². The van der Waals surface area contributed by atoms with Crippen molar-refractivity contribution in [3.05, 3.63) is 7.05 Å². The molecule has 0 aromatic carbocycles. The number of carbonyl (C=O) groups excluding carboxylic acids is 3. The second kappa shape index (κ2) is 18.4. The molecule has 0 bridgehead atoms. The predicted octanol–water partition coefficient (Wildman–Crippen LogP) is -1.84. The van der Waals surface area contributed by atoms with Gasteiger partial charge in [0, 0.05) is 34.2 Å². The molecule has 0 aromatic heterocycles. The Hall–Kier alpha value is 0.00636. The van der Waals surface area contributed by atoms with Gasteiger partial charge in [-0.05, 0) is 32.7 Å². The van der Waals surface area contributed by atoms with Crippen LogP contribution in [0.2, 0.25) is 0 Å². The Balaban J connectivity index is -0.000000422. The molecule has 0 aliphatic heterocycles. The summed E-state index contributed by atoms with van der Waals surface area (Å²) in [5.74, 6) is 0.777. The number of hydrogen-bond donors (Lipinski definition) is 0. The van der Waals surface area contributed by atoms with E-state index in [1.807, 2.05) is 6.92 Å². The van der Waals surface area contributed by atoms with Crippen LogP contribution in [0.3, 0.4) is 0 Å². The topological polar surface area (TPSA) is 64.2 Å². The smallest absolute Gasteiger partial charge is 0.454 e. The van der Waals surface area contributed by atoms with Gasteiger partial charge >= 0.3 is 51.4 Å². The van der Waals surface area contributed by atoms with Crippen LogP contribution in [0, 0.1) is 13.0 Å². The average molecular weight is 397 g/mol. The van der Waals surface area contributed by atoms with Gasteiger partial charge < -0.3 is 19.6 Å². The van der Waals surface area contributed by atoms with E-state index in [9.17, 15) is 14.4 Å². The Morgan fingerprint density at radius 3 is 1.88 bits per heavy atom. The van der Waals surface area contributed by atoms with Gasteiger partial charge in [-0.15, -0.1) is 0 Å². The van der Waals surface area contributed by atoms with Crippen LogP contribution in [-0.4, -0.2) is 92.2 Å². The fourth-order valence-corrected chi connectivity index (χ4v) is 1.76. The molecule has 3 amide bonds. The molecule has 0 aliphatic carbocycles. The average Bonchev–Trinajstić information content (AvgIpc) is 2.53. The summed E-state index contributed by atoms with van der Waals surface area (Å²) in [4.78, 5) is 39.2. The fourth-order valence-electron chi connectivity index (χ4n) is 1.76. The minimum atomic E-state index is -0.00615. The van der Waals surface area contributed by atoms with Crippen molar-refractivity contribution in [2.24, 2.45) is 5.92 Å². The minimum Gasteiger partial charge on any atom is -0.454 e. The van der Waals surface area contributed by atoms with Crippen LogP contribution >= 0.6 is 0 Å². The predicted molar refractivity (Wildman–Crippen MR) is 102 cm³/mol. The Kier molecular flexibility index (Phi) is 21.7. The van der Waals surface area contributed by atoms with Gasteiger partial charge in [0.1, 0.15) is 0 Å². The van der Waals surface area contributed by atoms with Gasteiger partial charge in [-0.25, -0.2) is 0 Å². The Bertz CT molecular complexity index is 393. The van der Waals surface area contributed by atoms with Gasteiger partial charge in [0.15, 0.2) is 0 Å². The molecule has 0 rings (SSSR count). The third-order valence-electron chi connectivity index (χ3n) is 3.57. The van der Waals surface area contributed by atoms with Gasteiger partial charge in [-0.1, -0.05) is 13.8 Å².